The quantitative estimate of drug-likeness (QED) is 0.749. The molecule has 0 spiro atoms. The molecule has 1 fully saturated rings. The lowest BCUT2D eigenvalue weighted by molar-refractivity contribution is 0.101. The highest BCUT2D eigenvalue weighted by Crippen LogP contribution is 2.25. The lowest BCUT2D eigenvalue weighted by atomic mass is 10.2. The van der Waals surface area contributed by atoms with E-state index in [-0.39, 0.29) is 16.7 Å². The minimum atomic E-state index is -3.69. The number of nitrogens with zero attached hydrogens (tertiary/aromatic N) is 4. The van der Waals surface area contributed by atoms with Gasteiger partial charge in [0.05, 0.1) is 16.8 Å². The molecule has 0 bridgehead atoms. The molecule has 0 saturated carbocycles. The highest BCUT2D eigenvalue weighted by Gasteiger charge is 2.34. The van der Waals surface area contributed by atoms with Gasteiger partial charge in [-0.2, -0.15) is 9.57 Å². The molecule has 2 heterocycles. The summed E-state index contributed by atoms with van der Waals surface area (Å²) < 4.78 is 27.6. The molecule has 27 heavy (non-hydrogen) atoms. The van der Waals surface area contributed by atoms with Gasteiger partial charge in [0.1, 0.15) is 11.8 Å². The van der Waals surface area contributed by atoms with Crippen molar-refractivity contribution in [2.24, 2.45) is 0 Å². The molecule has 1 aromatic carbocycles. The van der Waals surface area contributed by atoms with Crippen LogP contribution in [0.1, 0.15) is 29.9 Å². The summed E-state index contributed by atoms with van der Waals surface area (Å²) in [5.41, 5.74) is 1.58. The molecule has 0 unspecified atom stereocenters. The number of Topliss-reactive ketones (excluding diaryl/α,β-unsaturated/α-hetero) is 1. The monoisotopic (exact) mass is 384 g/mol. The average Bonchev–Trinajstić information content (AvgIpc) is 2.68. The molecule has 8 heteroatoms. The normalized spacial score (nSPS) is 18.1. The Morgan fingerprint density at radius 3 is 2.63 bits per heavy atom. The van der Waals surface area contributed by atoms with Gasteiger partial charge in [0.25, 0.3) is 0 Å². The van der Waals surface area contributed by atoms with Gasteiger partial charge in [-0.1, -0.05) is 12.1 Å². The first-order valence-corrected chi connectivity index (χ1v) is 10.0. The predicted octanol–water partition coefficient (Wildman–Crippen LogP) is 2.06. The second-order valence-electron chi connectivity index (χ2n) is 6.51. The summed E-state index contributed by atoms with van der Waals surface area (Å²) in [6.07, 6.45) is 1.63. The smallest absolute Gasteiger partial charge is 0.243 e. The number of sulfonamides is 1. The van der Waals surface area contributed by atoms with Gasteiger partial charge in [-0.3, -0.25) is 4.79 Å². The van der Waals surface area contributed by atoms with Crippen LogP contribution >= 0.6 is 0 Å². The number of rotatable bonds is 4. The Balaban J connectivity index is 1.80. The van der Waals surface area contributed by atoms with E-state index in [4.69, 9.17) is 5.26 Å². The van der Waals surface area contributed by atoms with Crippen LogP contribution in [0.25, 0.3) is 0 Å². The van der Waals surface area contributed by atoms with E-state index in [1.54, 1.807) is 24.4 Å². The fourth-order valence-corrected chi connectivity index (χ4v) is 4.84. The largest absolute Gasteiger partial charge is 0.367 e. The van der Waals surface area contributed by atoms with E-state index < -0.39 is 10.0 Å². The highest BCUT2D eigenvalue weighted by molar-refractivity contribution is 7.89. The van der Waals surface area contributed by atoms with Crippen LogP contribution in [-0.4, -0.2) is 49.2 Å². The molecule has 1 aliphatic heterocycles. The molecule has 3 rings (SSSR count). The van der Waals surface area contributed by atoms with Crippen molar-refractivity contribution in [3.8, 4) is 6.07 Å². The van der Waals surface area contributed by atoms with Gasteiger partial charge >= 0.3 is 0 Å². The summed E-state index contributed by atoms with van der Waals surface area (Å²) in [5.74, 6) is -0.168. The standard InChI is InChI=1S/C19H20N4O3S/c1-14-13-22(18-7-6-17(11-20)21-12-18)8-9-23(14)27(25,26)19-5-3-4-16(10-19)15(2)24/h3-7,10,12,14H,8-9,13H2,1-2H3/t14-/m1/s1. The van der Waals surface area contributed by atoms with Crippen molar-refractivity contribution in [3.05, 3.63) is 53.9 Å². The second-order valence-corrected chi connectivity index (χ2v) is 8.40. The predicted molar refractivity (Wildman–Crippen MR) is 101 cm³/mol. The Hall–Kier alpha value is -2.76. The fraction of sp³-hybridized carbons (Fsp3) is 0.316. The van der Waals surface area contributed by atoms with Crippen LogP contribution in [0, 0.1) is 11.3 Å². The average molecular weight is 384 g/mol. The van der Waals surface area contributed by atoms with E-state index in [9.17, 15) is 13.2 Å². The maximum atomic E-state index is 13.0. The molecular weight excluding hydrogens is 364 g/mol. The fourth-order valence-electron chi connectivity index (χ4n) is 3.18. The van der Waals surface area contributed by atoms with E-state index in [2.05, 4.69) is 9.88 Å². The van der Waals surface area contributed by atoms with Gasteiger partial charge < -0.3 is 4.90 Å². The molecule has 2 aromatic rings. The highest BCUT2D eigenvalue weighted by atomic mass is 32.2. The zero-order valence-corrected chi connectivity index (χ0v) is 16.0. The van der Waals surface area contributed by atoms with Crippen LogP contribution in [0.2, 0.25) is 0 Å². The number of anilines is 1. The van der Waals surface area contributed by atoms with E-state index in [1.165, 1.54) is 23.4 Å². The number of benzene rings is 1. The van der Waals surface area contributed by atoms with E-state index >= 15 is 0 Å². The Morgan fingerprint density at radius 1 is 1.26 bits per heavy atom. The summed E-state index contributed by atoms with van der Waals surface area (Å²) in [4.78, 5) is 17.8. The van der Waals surface area contributed by atoms with Gasteiger partial charge in [0, 0.05) is 31.2 Å². The Kier molecular flexibility index (Phi) is 5.26. The van der Waals surface area contributed by atoms with Crippen LogP contribution in [0.5, 0.6) is 0 Å². The molecule has 1 aliphatic rings. The SMILES string of the molecule is CC(=O)c1cccc(S(=O)(=O)N2CCN(c3ccc(C#N)nc3)C[C@H]2C)c1. The minimum Gasteiger partial charge on any atom is -0.367 e. The van der Waals surface area contributed by atoms with Gasteiger partial charge in [-0.15, -0.1) is 0 Å². The molecular formula is C19H20N4O3S. The number of carbonyl (C=O) groups is 1. The molecule has 0 radical (unpaired) electrons. The summed E-state index contributed by atoms with van der Waals surface area (Å²) >= 11 is 0. The van der Waals surface area contributed by atoms with E-state index in [0.29, 0.717) is 30.9 Å². The maximum absolute atomic E-state index is 13.0. The third-order valence-electron chi connectivity index (χ3n) is 4.64. The summed E-state index contributed by atoms with van der Waals surface area (Å²) in [6.45, 7) is 4.63. The second kappa shape index (κ2) is 7.47. The van der Waals surface area contributed by atoms with Gasteiger partial charge in [0.2, 0.25) is 10.0 Å². The number of hydrogen-bond donors (Lipinski definition) is 0. The third kappa shape index (κ3) is 3.84. The number of carbonyl (C=O) groups excluding carboxylic acids is 1. The first-order valence-electron chi connectivity index (χ1n) is 8.57. The first-order chi connectivity index (χ1) is 12.8. The molecule has 1 saturated heterocycles. The third-order valence-corrected chi connectivity index (χ3v) is 6.65. The number of hydrogen-bond acceptors (Lipinski definition) is 6. The maximum Gasteiger partial charge on any atom is 0.243 e. The van der Waals surface area contributed by atoms with Gasteiger partial charge in [0.15, 0.2) is 5.78 Å². The topological polar surface area (TPSA) is 94.4 Å². The van der Waals surface area contributed by atoms with E-state index in [1.807, 2.05) is 19.1 Å². The molecule has 0 N–H and O–H groups in total. The van der Waals surface area contributed by atoms with Gasteiger partial charge in [-0.25, -0.2) is 13.4 Å². The van der Waals surface area contributed by atoms with Gasteiger partial charge in [-0.05, 0) is 38.1 Å². The molecule has 140 valence electrons. The summed E-state index contributed by atoms with van der Waals surface area (Å²) in [7, 11) is -3.69. The number of ketones is 1. The number of nitriles is 1. The number of aromatic nitrogens is 1. The minimum absolute atomic E-state index is 0.135. The van der Waals surface area contributed by atoms with Crippen molar-refractivity contribution >= 4 is 21.5 Å². The van der Waals surface area contributed by atoms with Crippen LogP contribution in [0.3, 0.4) is 0 Å². The Morgan fingerprint density at radius 2 is 2.04 bits per heavy atom. The van der Waals surface area contributed by atoms with Crippen molar-refractivity contribution in [2.75, 3.05) is 24.5 Å². The Labute approximate surface area is 158 Å². The molecule has 1 atom stereocenters. The molecule has 1 aromatic heterocycles. The van der Waals surface area contributed by atoms with Crippen molar-refractivity contribution in [1.82, 2.24) is 9.29 Å². The van der Waals surface area contributed by atoms with Crippen LogP contribution in [-0.2, 0) is 10.0 Å². The van der Waals surface area contributed by atoms with Crippen molar-refractivity contribution in [3.63, 3.8) is 0 Å². The molecule has 0 amide bonds. The zero-order valence-electron chi connectivity index (χ0n) is 15.2. The van der Waals surface area contributed by atoms with E-state index in [0.717, 1.165) is 5.69 Å². The number of piperazine rings is 1. The summed E-state index contributed by atoms with van der Waals surface area (Å²) in [5, 5.41) is 8.85. The van der Waals surface area contributed by atoms with Crippen LogP contribution in [0.4, 0.5) is 5.69 Å². The first kappa shape index (κ1) is 19.0. The van der Waals surface area contributed by atoms with Crippen LogP contribution in [0.15, 0.2) is 47.5 Å². The number of pyridine rings is 1. The van der Waals surface area contributed by atoms with Crippen LogP contribution < -0.4 is 4.90 Å². The lowest BCUT2D eigenvalue weighted by Gasteiger charge is -2.40. The molecule has 0 aliphatic carbocycles. The zero-order chi connectivity index (χ0) is 19.6. The lowest BCUT2D eigenvalue weighted by Crippen LogP contribution is -2.54. The summed E-state index contributed by atoms with van der Waals surface area (Å²) in [6, 6.07) is 11.4. The Bertz CT molecular complexity index is 996. The molecule has 7 nitrogen and oxygen atoms in total. The van der Waals surface area contributed by atoms with Crippen molar-refractivity contribution in [1.29, 1.82) is 5.26 Å². The van der Waals surface area contributed by atoms with Crippen molar-refractivity contribution in [2.45, 2.75) is 24.8 Å². The van der Waals surface area contributed by atoms with Crippen molar-refractivity contribution < 1.29 is 13.2 Å².